The topological polar surface area (TPSA) is 20.2 Å². The molecular weight excluding hydrogens is 232 g/mol. The van der Waals surface area contributed by atoms with Gasteiger partial charge in [-0.15, -0.1) is 0 Å². The largest absolute Gasteiger partial charge is 0.385 e. The molecular formula is C18H28O. The Hall–Kier alpha value is -0.820. The van der Waals surface area contributed by atoms with Gasteiger partial charge in [0.05, 0.1) is 5.60 Å². The van der Waals surface area contributed by atoms with E-state index in [0.29, 0.717) is 5.92 Å². The van der Waals surface area contributed by atoms with Gasteiger partial charge in [0.1, 0.15) is 0 Å². The first-order valence-corrected chi connectivity index (χ1v) is 7.55. The third-order valence-electron chi connectivity index (χ3n) is 4.77. The number of aliphatic hydroxyl groups is 1. The molecule has 19 heavy (non-hydrogen) atoms. The molecule has 0 amide bonds. The van der Waals surface area contributed by atoms with Crippen LogP contribution in [0.4, 0.5) is 0 Å². The molecule has 1 N–H and O–H groups in total. The van der Waals surface area contributed by atoms with E-state index < -0.39 is 5.60 Å². The van der Waals surface area contributed by atoms with E-state index >= 15 is 0 Å². The van der Waals surface area contributed by atoms with Gasteiger partial charge in [0, 0.05) is 0 Å². The normalized spacial score (nSPS) is 28.4. The second-order valence-corrected chi connectivity index (χ2v) is 7.41. The standard InChI is InChI=1S/C18H28O/c1-13-9-10-15(14(2)12-13)18(19)11-7-6-8-16(18)17(3,4)5/h9-10,12,16,19H,6-8,11H2,1-5H3. The monoisotopic (exact) mass is 260 g/mol. The first-order chi connectivity index (χ1) is 8.75. The highest BCUT2D eigenvalue weighted by molar-refractivity contribution is 5.36. The van der Waals surface area contributed by atoms with Crippen molar-refractivity contribution in [1.29, 1.82) is 0 Å². The highest BCUT2D eigenvalue weighted by Crippen LogP contribution is 2.50. The van der Waals surface area contributed by atoms with Crippen LogP contribution in [-0.2, 0) is 5.60 Å². The van der Waals surface area contributed by atoms with Crippen molar-refractivity contribution in [2.45, 2.75) is 65.9 Å². The zero-order valence-corrected chi connectivity index (χ0v) is 13.1. The Morgan fingerprint density at radius 1 is 1.16 bits per heavy atom. The van der Waals surface area contributed by atoms with Gasteiger partial charge in [-0.1, -0.05) is 57.4 Å². The Kier molecular flexibility index (Phi) is 3.79. The summed E-state index contributed by atoms with van der Waals surface area (Å²) in [5.74, 6) is 0.343. The number of hydrogen-bond acceptors (Lipinski definition) is 1. The minimum absolute atomic E-state index is 0.145. The Labute approximate surface area is 118 Å². The third-order valence-corrected chi connectivity index (χ3v) is 4.77. The number of rotatable bonds is 1. The molecule has 1 aromatic rings. The number of benzene rings is 1. The van der Waals surface area contributed by atoms with Gasteiger partial charge >= 0.3 is 0 Å². The Balaban J connectivity index is 2.48. The van der Waals surface area contributed by atoms with Crippen LogP contribution in [0.5, 0.6) is 0 Å². The minimum atomic E-state index is -0.645. The summed E-state index contributed by atoms with van der Waals surface area (Å²) in [6.45, 7) is 11.0. The van der Waals surface area contributed by atoms with E-state index in [1.54, 1.807) is 0 Å². The van der Waals surface area contributed by atoms with Crippen LogP contribution in [0.15, 0.2) is 18.2 Å². The van der Waals surface area contributed by atoms with Gasteiger partial charge < -0.3 is 5.11 Å². The molecule has 2 atom stereocenters. The summed E-state index contributed by atoms with van der Waals surface area (Å²) in [5, 5.41) is 11.4. The summed E-state index contributed by atoms with van der Waals surface area (Å²) in [6.07, 6.45) is 4.41. The molecule has 0 aromatic heterocycles. The average molecular weight is 260 g/mol. The predicted molar refractivity (Wildman–Crippen MR) is 81.2 cm³/mol. The van der Waals surface area contributed by atoms with Crippen molar-refractivity contribution < 1.29 is 5.11 Å². The van der Waals surface area contributed by atoms with Crippen molar-refractivity contribution in [3.8, 4) is 0 Å². The van der Waals surface area contributed by atoms with E-state index in [0.717, 1.165) is 24.8 Å². The lowest BCUT2D eigenvalue weighted by molar-refractivity contribution is -0.0963. The quantitative estimate of drug-likeness (QED) is 0.774. The third kappa shape index (κ3) is 2.72. The lowest BCUT2D eigenvalue weighted by Gasteiger charge is -2.47. The average Bonchev–Trinajstić information content (AvgIpc) is 2.27. The Bertz CT molecular complexity index is 455. The minimum Gasteiger partial charge on any atom is -0.385 e. The zero-order valence-electron chi connectivity index (χ0n) is 13.1. The van der Waals surface area contributed by atoms with Crippen molar-refractivity contribution >= 4 is 0 Å². The maximum absolute atomic E-state index is 11.4. The molecule has 2 rings (SSSR count). The van der Waals surface area contributed by atoms with Crippen molar-refractivity contribution in [2.24, 2.45) is 11.3 Å². The lowest BCUT2D eigenvalue weighted by atomic mass is 9.61. The first-order valence-electron chi connectivity index (χ1n) is 7.55. The fraction of sp³-hybridized carbons (Fsp3) is 0.667. The summed E-state index contributed by atoms with van der Waals surface area (Å²) in [5.41, 5.74) is 3.16. The summed E-state index contributed by atoms with van der Waals surface area (Å²) >= 11 is 0. The van der Waals surface area contributed by atoms with E-state index in [1.165, 1.54) is 17.5 Å². The fourth-order valence-electron chi connectivity index (χ4n) is 3.93. The van der Waals surface area contributed by atoms with E-state index in [2.05, 4.69) is 52.8 Å². The highest BCUT2D eigenvalue weighted by atomic mass is 16.3. The van der Waals surface area contributed by atoms with Gasteiger partial charge in [-0.3, -0.25) is 0 Å². The maximum atomic E-state index is 11.4. The smallest absolute Gasteiger partial charge is 0.0932 e. The van der Waals surface area contributed by atoms with Crippen LogP contribution < -0.4 is 0 Å². The molecule has 0 heterocycles. The first kappa shape index (κ1) is 14.6. The molecule has 1 nitrogen and oxygen atoms in total. The molecule has 0 saturated heterocycles. The molecule has 1 heteroatoms. The number of hydrogen-bond donors (Lipinski definition) is 1. The molecule has 0 radical (unpaired) electrons. The van der Waals surface area contributed by atoms with Crippen LogP contribution in [0.25, 0.3) is 0 Å². The summed E-state index contributed by atoms with van der Waals surface area (Å²) in [6, 6.07) is 6.48. The van der Waals surface area contributed by atoms with E-state index in [4.69, 9.17) is 0 Å². The molecule has 1 fully saturated rings. The fourth-order valence-corrected chi connectivity index (χ4v) is 3.93. The van der Waals surface area contributed by atoms with Crippen LogP contribution in [0.2, 0.25) is 0 Å². The van der Waals surface area contributed by atoms with Crippen molar-refractivity contribution in [2.75, 3.05) is 0 Å². The highest BCUT2D eigenvalue weighted by Gasteiger charge is 2.46. The molecule has 0 aliphatic heterocycles. The van der Waals surface area contributed by atoms with Crippen LogP contribution >= 0.6 is 0 Å². The summed E-state index contributed by atoms with van der Waals surface area (Å²) in [4.78, 5) is 0. The molecule has 1 saturated carbocycles. The van der Waals surface area contributed by atoms with Crippen LogP contribution in [-0.4, -0.2) is 5.11 Å². The molecule has 0 spiro atoms. The summed E-state index contributed by atoms with van der Waals surface area (Å²) < 4.78 is 0. The molecule has 2 unspecified atom stereocenters. The van der Waals surface area contributed by atoms with Gasteiger partial charge in [0.2, 0.25) is 0 Å². The van der Waals surface area contributed by atoms with Gasteiger partial charge in [-0.05, 0) is 49.1 Å². The lowest BCUT2D eigenvalue weighted by Crippen LogP contribution is -2.45. The maximum Gasteiger partial charge on any atom is 0.0932 e. The SMILES string of the molecule is Cc1ccc(C2(O)CCCCC2C(C)(C)C)c(C)c1. The van der Waals surface area contributed by atoms with Crippen LogP contribution in [0.3, 0.4) is 0 Å². The number of aryl methyl sites for hydroxylation is 2. The zero-order chi connectivity index (χ0) is 14.3. The molecule has 0 bridgehead atoms. The van der Waals surface area contributed by atoms with E-state index in [9.17, 15) is 5.11 Å². The molecule has 106 valence electrons. The Morgan fingerprint density at radius 3 is 2.42 bits per heavy atom. The van der Waals surface area contributed by atoms with Crippen molar-refractivity contribution in [3.63, 3.8) is 0 Å². The second-order valence-electron chi connectivity index (χ2n) is 7.41. The van der Waals surface area contributed by atoms with E-state index in [1.807, 2.05) is 0 Å². The van der Waals surface area contributed by atoms with Gasteiger partial charge in [-0.2, -0.15) is 0 Å². The van der Waals surface area contributed by atoms with E-state index in [-0.39, 0.29) is 5.41 Å². The molecule has 1 aromatic carbocycles. The van der Waals surface area contributed by atoms with Gasteiger partial charge in [0.25, 0.3) is 0 Å². The Morgan fingerprint density at radius 2 is 1.84 bits per heavy atom. The second kappa shape index (κ2) is 4.94. The van der Waals surface area contributed by atoms with Crippen LogP contribution in [0.1, 0.15) is 63.1 Å². The van der Waals surface area contributed by atoms with Crippen molar-refractivity contribution in [3.05, 3.63) is 34.9 Å². The van der Waals surface area contributed by atoms with Crippen LogP contribution in [0, 0.1) is 25.2 Å². The molecule has 1 aliphatic carbocycles. The predicted octanol–water partition coefficient (Wildman–Crippen LogP) is 4.73. The summed E-state index contributed by atoms with van der Waals surface area (Å²) in [7, 11) is 0. The van der Waals surface area contributed by atoms with Crippen molar-refractivity contribution in [1.82, 2.24) is 0 Å². The van der Waals surface area contributed by atoms with Gasteiger partial charge in [0.15, 0.2) is 0 Å². The van der Waals surface area contributed by atoms with Gasteiger partial charge in [-0.25, -0.2) is 0 Å². The molecule has 1 aliphatic rings.